The molecule has 3 atom stereocenters. The normalized spacial score (nSPS) is 24.1. The molecule has 2 rings (SSSR count). The zero-order valence-electron chi connectivity index (χ0n) is 12.3. The Morgan fingerprint density at radius 1 is 1.37 bits per heavy atom. The van der Waals surface area contributed by atoms with Crippen LogP contribution in [-0.4, -0.2) is 44.2 Å². The third kappa shape index (κ3) is 4.03. The van der Waals surface area contributed by atoms with Crippen LogP contribution < -0.4 is 5.32 Å². The third-order valence-electron chi connectivity index (χ3n) is 3.96. The van der Waals surface area contributed by atoms with Crippen LogP contribution in [0.1, 0.15) is 25.5 Å². The minimum atomic E-state index is 0.311. The van der Waals surface area contributed by atoms with E-state index in [4.69, 9.17) is 0 Å². The van der Waals surface area contributed by atoms with Gasteiger partial charge in [0.05, 0.1) is 0 Å². The van der Waals surface area contributed by atoms with E-state index in [1.165, 1.54) is 5.56 Å². The van der Waals surface area contributed by atoms with E-state index in [1.807, 2.05) is 7.05 Å². The SMILES string of the molecule is C[N-][C@@H](c1ccccc1)[C@@H](C)CN1CCN[C@H](C)C1. The fraction of sp³-hybridized carbons (Fsp3) is 0.625. The summed E-state index contributed by atoms with van der Waals surface area (Å²) in [7, 11) is 1.94. The zero-order valence-corrected chi connectivity index (χ0v) is 12.3. The molecule has 1 fully saturated rings. The van der Waals surface area contributed by atoms with Gasteiger partial charge in [0.1, 0.15) is 0 Å². The molecular weight excluding hydrogens is 234 g/mol. The second-order valence-corrected chi connectivity index (χ2v) is 5.71. The van der Waals surface area contributed by atoms with E-state index in [1.54, 1.807) is 0 Å². The summed E-state index contributed by atoms with van der Waals surface area (Å²) < 4.78 is 0. The van der Waals surface area contributed by atoms with Gasteiger partial charge in [-0.05, 0) is 19.4 Å². The van der Waals surface area contributed by atoms with Crippen molar-refractivity contribution >= 4 is 0 Å². The number of piperazine rings is 1. The van der Waals surface area contributed by atoms with Crippen LogP contribution in [0.4, 0.5) is 0 Å². The monoisotopic (exact) mass is 260 g/mol. The van der Waals surface area contributed by atoms with E-state index in [0.717, 1.165) is 26.2 Å². The van der Waals surface area contributed by atoms with Crippen LogP contribution >= 0.6 is 0 Å². The van der Waals surface area contributed by atoms with E-state index in [-0.39, 0.29) is 0 Å². The van der Waals surface area contributed by atoms with E-state index in [0.29, 0.717) is 18.0 Å². The van der Waals surface area contributed by atoms with Crippen molar-refractivity contribution in [3.63, 3.8) is 0 Å². The Morgan fingerprint density at radius 2 is 2.11 bits per heavy atom. The molecule has 106 valence electrons. The highest BCUT2D eigenvalue weighted by Gasteiger charge is 2.19. The van der Waals surface area contributed by atoms with Crippen LogP contribution in [0.2, 0.25) is 0 Å². The second-order valence-electron chi connectivity index (χ2n) is 5.71. The average molecular weight is 260 g/mol. The summed E-state index contributed by atoms with van der Waals surface area (Å²) in [6, 6.07) is 11.6. The predicted octanol–water partition coefficient (Wildman–Crippen LogP) is 2.66. The minimum absolute atomic E-state index is 0.311. The van der Waals surface area contributed by atoms with E-state index in [9.17, 15) is 0 Å². The van der Waals surface area contributed by atoms with Crippen molar-refractivity contribution in [2.75, 3.05) is 33.2 Å². The molecule has 1 aromatic rings. The van der Waals surface area contributed by atoms with Crippen molar-refractivity contribution in [1.82, 2.24) is 10.2 Å². The molecule has 3 heteroatoms. The van der Waals surface area contributed by atoms with Crippen molar-refractivity contribution < 1.29 is 0 Å². The average Bonchev–Trinajstić information content (AvgIpc) is 2.41. The summed E-state index contributed by atoms with van der Waals surface area (Å²) in [6.07, 6.45) is 0. The first-order valence-corrected chi connectivity index (χ1v) is 7.30. The molecule has 1 heterocycles. The lowest BCUT2D eigenvalue weighted by Crippen LogP contribution is -2.50. The smallest absolute Gasteiger partial charge is 0.0167 e. The van der Waals surface area contributed by atoms with Crippen LogP contribution in [0.25, 0.3) is 5.32 Å². The fourth-order valence-corrected chi connectivity index (χ4v) is 3.07. The topological polar surface area (TPSA) is 29.4 Å². The molecule has 1 saturated heterocycles. The first kappa shape index (κ1) is 14.5. The predicted molar refractivity (Wildman–Crippen MR) is 81.5 cm³/mol. The molecule has 0 aromatic heterocycles. The first-order valence-electron chi connectivity index (χ1n) is 7.30. The van der Waals surface area contributed by atoms with Crippen LogP contribution in [0, 0.1) is 5.92 Å². The molecule has 1 N–H and O–H groups in total. The Balaban J connectivity index is 1.95. The molecule has 19 heavy (non-hydrogen) atoms. The Kier molecular flexibility index (Phi) is 5.37. The molecule has 1 aromatic carbocycles. The van der Waals surface area contributed by atoms with Crippen LogP contribution in [-0.2, 0) is 0 Å². The van der Waals surface area contributed by atoms with Gasteiger partial charge in [-0.1, -0.05) is 42.8 Å². The van der Waals surface area contributed by atoms with Crippen molar-refractivity contribution in [3.8, 4) is 0 Å². The molecule has 0 radical (unpaired) electrons. The number of hydrogen-bond donors (Lipinski definition) is 1. The first-order chi connectivity index (χ1) is 9.20. The summed E-state index contributed by atoms with van der Waals surface area (Å²) in [5, 5.41) is 8.10. The van der Waals surface area contributed by atoms with Gasteiger partial charge in [0.2, 0.25) is 0 Å². The maximum Gasteiger partial charge on any atom is 0.0167 e. The number of nitrogens with one attached hydrogen (secondary N) is 1. The summed E-state index contributed by atoms with van der Waals surface area (Å²) in [6.45, 7) is 9.11. The van der Waals surface area contributed by atoms with Gasteiger partial charge in [0.25, 0.3) is 0 Å². The number of rotatable bonds is 5. The number of hydrogen-bond acceptors (Lipinski definition) is 2. The molecule has 0 aliphatic carbocycles. The van der Waals surface area contributed by atoms with Gasteiger partial charge >= 0.3 is 0 Å². The van der Waals surface area contributed by atoms with Gasteiger partial charge < -0.3 is 15.5 Å². The van der Waals surface area contributed by atoms with Gasteiger partial charge in [-0.3, -0.25) is 0 Å². The summed E-state index contributed by atoms with van der Waals surface area (Å²) in [4.78, 5) is 2.56. The maximum absolute atomic E-state index is 4.60. The lowest BCUT2D eigenvalue weighted by molar-refractivity contribution is 0.177. The molecular formula is C16H26N3-. The Bertz CT molecular complexity index is 366. The Labute approximate surface area is 117 Å². The van der Waals surface area contributed by atoms with Crippen LogP contribution in [0.15, 0.2) is 30.3 Å². The lowest BCUT2D eigenvalue weighted by atomic mass is 9.94. The molecule has 0 spiro atoms. The van der Waals surface area contributed by atoms with Gasteiger partial charge in [-0.2, -0.15) is 7.05 Å². The van der Waals surface area contributed by atoms with E-state index in [2.05, 4.69) is 59.7 Å². The largest absolute Gasteiger partial charge is 0.658 e. The molecule has 1 aliphatic heterocycles. The van der Waals surface area contributed by atoms with Crippen molar-refractivity contribution in [3.05, 3.63) is 41.2 Å². The van der Waals surface area contributed by atoms with Crippen LogP contribution in [0.3, 0.4) is 0 Å². The summed E-state index contributed by atoms with van der Waals surface area (Å²) >= 11 is 0. The molecule has 1 aliphatic rings. The molecule has 0 bridgehead atoms. The molecule has 0 saturated carbocycles. The quantitative estimate of drug-likeness (QED) is 0.882. The highest BCUT2D eigenvalue weighted by atomic mass is 15.2. The summed E-state index contributed by atoms with van der Waals surface area (Å²) in [5.41, 5.74) is 1.33. The van der Waals surface area contributed by atoms with Crippen LogP contribution in [0.5, 0.6) is 0 Å². The fourth-order valence-electron chi connectivity index (χ4n) is 3.07. The van der Waals surface area contributed by atoms with Gasteiger partial charge in [0.15, 0.2) is 0 Å². The van der Waals surface area contributed by atoms with Gasteiger partial charge in [0, 0.05) is 25.7 Å². The van der Waals surface area contributed by atoms with Crippen molar-refractivity contribution in [1.29, 1.82) is 0 Å². The minimum Gasteiger partial charge on any atom is -0.658 e. The molecule has 0 unspecified atom stereocenters. The van der Waals surface area contributed by atoms with Gasteiger partial charge in [-0.25, -0.2) is 0 Å². The second kappa shape index (κ2) is 7.04. The Morgan fingerprint density at radius 3 is 2.74 bits per heavy atom. The highest BCUT2D eigenvalue weighted by molar-refractivity contribution is 5.23. The zero-order chi connectivity index (χ0) is 13.7. The highest BCUT2D eigenvalue weighted by Crippen LogP contribution is 2.29. The van der Waals surface area contributed by atoms with E-state index >= 15 is 0 Å². The van der Waals surface area contributed by atoms with Crippen molar-refractivity contribution in [2.24, 2.45) is 5.92 Å². The third-order valence-corrected chi connectivity index (χ3v) is 3.96. The summed E-state index contributed by atoms with van der Waals surface area (Å²) in [5.74, 6) is 0.553. The Hall–Kier alpha value is -0.900. The van der Waals surface area contributed by atoms with E-state index < -0.39 is 0 Å². The molecule has 0 amide bonds. The maximum atomic E-state index is 4.60. The molecule has 3 nitrogen and oxygen atoms in total. The number of nitrogens with zero attached hydrogens (tertiary/aromatic N) is 2. The van der Waals surface area contributed by atoms with Gasteiger partial charge in [-0.15, -0.1) is 6.04 Å². The standard InChI is InChI=1S/C16H26N3/c1-13(11-19-10-9-18-14(2)12-19)16(17-3)15-7-5-4-6-8-15/h4-8,13-14,16,18H,9-12H2,1-3H3/q-1/t13-,14+,16+/m0/s1. The lowest BCUT2D eigenvalue weighted by Gasteiger charge is -2.40. The van der Waals surface area contributed by atoms with Crippen molar-refractivity contribution in [2.45, 2.75) is 25.9 Å². The number of benzene rings is 1.